The quantitative estimate of drug-likeness (QED) is 0.734. The molecule has 1 atom stereocenters. The summed E-state index contributed by atoms with van der Waals surface area (Å²) in [5.74, 6) is 0.551. The molecular formula is C19H19N3OS. The van der Waals surface area contributed by atoms with E-state index in [0.717, 1.165) is 0 Å². The maximum atomic E-state index is 12.7. The minimum Gasteiger partial charge on any atom is -0.336 e. The molecule has 0 radical (unpaired) electrons. The van der Waals surface area contributed by atoms with Crippen molar-refractivity contribution in [1.29, 1.82) is 0 Å². The first-order chi connectivity index (χ1) is 11.7. The number of carbonyl (C=O) groups excluding carboxylic acids is 1. The predicted molar refractivity (Wildman–Crippen MR) is 96.7 cm³/mol. The van der Waals surface area contributed by atoms with Gasteiger partial charge < -0.3 is 4.57 Å². The van der Waals surface area contributed by atoms with Crippen LogP contribution in [0.2, 0.25) is 0 Å². The summed E-state index contributed by atoms with van der Waals surface area (Å²) in [6, 6.07) is 14.0. The number of carbonyl (C=O) groups is 1. The number of benzene rings is 1. The second kappa shape index (κ2) is 6.24. The Morgan fingerprint density at radius 3 is 2.79 bits per heavy atom. The Labute approximate surface area is 145 Å². The van der Waals surface area contributed by atoms with Crippen LogP contribution in [-0.4, -0.2) is 15.5 Å². The third-order valence-electron chi connectivity index (χ3n) is 4.43. The third kappa shape index (κ3) is 2.99. The molecule has 2 heterocycles. The minimum atomic E-state index is -0.112. The van der Waals surface area contributed by atoms with E-state index in [4.69, 9.17) is 0 Å². The first-order valence-electron chi connectivity index (χ1n) is 8.21. The molecule has 1 N–H and O–H groups in total. The van der Waals surface area contributed by atoms with Crippen LogP contribution in [0.5, 0.6) is 0 Å². The SMILES string of the molecule is C[C@H](c1ccccc1)n1cccc1C(=O)Nc1ncc(C2CC2)s1. The van der Waals surface area contributed by atoms with Crippen molar-refractivity contribution < 1.29 is 4.79 Å². The molecule has 4 nitrogen and oxygen atoms in total. The Kier molecular flexibility index (Phi) is 3.94. The molecule has 0 saturated heterocycles. The van der Waals surface area contributed by atoms with Crippen molar-refractivity contribution in [2.24, 2.45) is 0 Å². The van der Waals surface area contributed by atoms with E-state index in [0.29, 0.717) is 16.7 Å². The fourth-order valence-electron chi connectivity index (χ4n) is 2.88. The van der Waals surface area contributed by atoms with Gasteiger partial charge in [0.15, 0.2) is 5.13 Å². The lowest BCUT2D eigenvalue weighted by atomic mass is 10.1. The van der Waals surface area contributed by atoms with Gasteiger partial charge in [-0.05, 0) is 43.4 Å². The number of amides is 1. The van der Waals surface area contributed by atoms with Gasteiger partial charge in [-0.3, -0.25) is 10.1 Å². The summed E-state index contributed by atoms with van der Waals surface area (Å²) in [7, 11) is 0. The van der Waals surface area contributed by atoms with Crippen LogP contribution >= 0.6 is 11.3 Å². The Bertz CT molecular complexity index is 848. The van der Waals surface area contributed by atoms with E-state index in [1.54, 1.807) is 11.3 Å². The summed E-state index contributed by atoms with van der Waals surface area (Å²) in [6.07, 6.45) is 6.33. The van der Waals surface area contributed by atoms with Crippen LogP contribution in [0.3, 0.4) is 0 Å². The van der Waals surface area contributed by atoms with Crippen molar-refractivity contribution >= 4 is 22.4 Å². The van der Waals surface area contributed by atoms with Crippen LogP contribution < -0.4 is 5.32 Å². The molecule has 1 fully saturated rings. The van der Waals surface area contributed by atoms with Crippen LogP contribution in [0.4, 0.5) is 5.13 Å². The second-order valence-corrected chi connectivity index (χ2v) is 7.25. The topological polar surface area (TPSA) is 46.9 Å². The predicted octanol–water partition coefficient (Wildman–Crippen LogP) is 4.68. The number of hydrogen-bond acceptors (Lipinski definition) is 3. The van der Waals surface area contributed by atoms with Gasteiger partial charge in [0.2, 0.25) is 0 Å². The number of aromatic nitrogens is 2. The van der Waals surface area contributed by atoms with Gasteiger partial charge in [-0.15, -0.1) is 11.3 Å². The number of hydrogen-bond donors (Lipinski definition) is 1. The first kappa shape index (κ1) is 15.1. The van der Waals surface area contributed by atoms with E-state index in [1.807, 2.05) is 47.3 Å². The molecule has 2 aromatic heterocycles. The van der Waals surface area contributed by atoms with E-state index in [-0.39, 0.29) is 11.9 Å². The summed E-state index contributed by atoms with van der Waals surface area (Å²) in [6.45, 7) is 2.10. The van der Waals surface area contributed by atoms with Crippen LogP contribution in [0.1, 0.15) is 52.7 Å². The Hall–Kier alpha value is -2.40. The number of nitrogens with one attached hydrogen (secondary N) is 1. The smallest absolute Gasteiger partial charge is 0.274 e. The summed E-state index contributed by atoms with van der Waals surface area (Å²) < 4.78 is 2.00. The van der Waals surface area contributed by atoms with Crippen LogP contribution in [-0.2, 0) is 0 Å². The van der Waals surface area contributed by atoms with Crippen molar-refractivity contribution in [3.05, 3.63) is 71.0 Å². The lowest BCUT2D eigenvalue weighted by Gasteiger charge is -2.17. The summed E-state index contributed by atoms with van der Waals surface area (Å²) >= 11 is 1.59. The highest BCUT2D eigenvalue weighted by Gasteiger charge is 2.26. The lowest BCUT2D eigenvalue weighted by Crippen LogP contribution is -2.19. The van der Waals surface area contributed by atoms with Gasteiger partial charge in [0.1, 0.15) is 5.69 Å². The van der Waals surface area contributed by atoms with Gasteiger partial charge in [0, 0.05) is 17.3 Å². The van der Waals surface area contributed by atoms with Gasteiger partial charge in [0.05, 0.1) is 6.04 Å². The van der Waals surface area contributed by atoms with Crippen molar-refractivity contribution in [3.63, 3.8) is 0 Å². The molecule has 1 saturated carbocycles. The van der Waals surface area contributed by atoms with E-state index >= 15 is 0 Å². The zero-order valence-corrected chi connectivity index (χ0v) is 14.3. The fourth-order valence-corrected chi connectivity index (χ4v) is 3.86. The highest BCUT2D eigenvalue weighted by atomic mass is 32.1. The highest BCUT2D eigenvalue weighted by molar-refractivity contribution is 7.15. The molecule has 0 unspecified atom stereocenters. The van der Waals surface area contributed by atoms with Crippen LogP contribution in [0, 0.1) is 0 Å². The maximum Gasteiger partial charge on any atom is 0.274 e. The third-order valence-corrected chi connectivity index (χ3v) is 5.51. The highest BCUT2D eigenvalue weighted by Crippen LogP contribution is 2.43. The fraction of sp³-hybridized carbons (Fsp3) is 0.263. The van der Waals surface area contributed by atoms with E-state index in [2.05, 4.69) is 29.4 Å². The van der Waals surface area contributed by atoms with Crippen molar-refractivity contribution in [3.8, 4) is 0 Å². The van der Waals surface area contributed by atoms with Gasteiger partial charge >= 0.3 is 0 Å². The molecule has 4 rings (SSSR count). The summed E-state index contributed by atoms with van der Waals surface area (Å²) in [4.78, 5) is 18.3. The standard InChI is InChI=1S/C19H19N3OS/c1-13(14-6-3-2-4-7-14)22-11-5-8-16(22)18(23)21-19-20-12-17(24-19)15-9-10-15/h2-8,11-13,15H,9-10H2,1H3,(H,20,21,23)/t13-/m1/s1. The number of anilines is 1. The first-order valence-corrected chi connectivity index (χ1v) is 9.03. The van der Waals surface area contributed by atoms with Crippen molar-refractivity contribution in [1.82, 2.24) is 9.55 Å². The molecule has 5 heteroatoms. The maximum absolute atomic E-state index is 12.7. The van der Waals surface area contributed by atoms with Gasteiger partial charge in [-0.25, -0.2) is 4.98 Å². The molecule has 0 spiro atoms. The zero-order valence-electron chi connectivity index (χ0n) is 13.5. The zero-order chi connectivity index (χ0) is 16.5. The number of thiazole rings is 1. The summed E-state index contributed by atoms with van der Waals surface area (Å²) in [5.41, 5.74) is 1.82. The van der Waals surface area contributed by atoms with E-state index in [9.17, 15) is 4.79 Å². The van der Waals surface area contributed by atoms with Gasteiger partial charge in [0.25, 0.3) is 5.91 Å². The van der Waals surface area contributed by atoms with Crippen molar-refractivity contribution in [2.45, 2.75) is 31.7 Å². The molecule has 122 valence electrons. The van der Waals surface area contributed by atoms with E-state index in [1.165, 1.54) is 23.3 Å². The minimum absolute atomic E-state index is 0.0975. The average molecular weight is 337 g/mol. The Morgan fingerprint density at radius 2 is 2.04 bits per heavy atom. The number of nitrogens with zero attached hydrogens (tertiary/aromatic N) is 2. The molecule has 1 aromatic carbocycles. The average Bonchev–Trinajstić information content (AvgIpc) is 3.16. The lowest BCUT2D eigenvalue weighted by molar-refractivity contribution is 0.101. The van der Waals surface area contributed by atoms with Gasteiger partial charge in [-0.1, -0.05) is 30.3 Å². The van der Waals surface area contributed by atoms with Crippen LogP contribution in [0.25, 0.3) is 0 Å². The molecule has 3 aromatic rings. The van der Waals surface area contributed by atoms with Crippen LogP contribution in [0.15, 0.2) is 54.9 Å². The monoisotopic (exact) mass is 337 g/mol. The van der Waals surface area contributed by atoms with Gasteiger partial charge in [-0.2, -0.15) is 0 Å². The second-order valence-electron chi connectivity index (χ2n) is 6.18. The summed E-state index contributed by atoms with van der Waals surface area (Å²) in [5, 5.41) is 3.62. The number of rotatable bonds is 5. The molecule has 0 bridgehead atoms. The molecule has 1 aliphatic carbocycles. The normalized spacial score (nSPS) is 15.2. The Morgan fingerprint density at radius 1 is 1.25 bits per heavy atom. The largest absolute Gasteiger partial charge is 0.336 e. The van der Waals surface area contributed by atoms with Crippen molar-refractivity contribution in [2.75, 3.05) is 5.32 Å². The molecule has 1 aliphatic rings. The molecule has 0 aliphatic heterocycles. The molecular weight excluding hydrogens is 318 g/mol. The van der Waals surface area contributed by atoms with E-state index < -0.39 is 0 Å². The Balaban J connectivity index is 1.53. The molecule has 1 amide bonds. The molecule has 24 heavy (non-hydrogen) atoms.